The molecule has 0 aromatic rings. The van der Waals surface area contributed by atoms with Gasteiger partial charge in [-0.1, -0.05) is 82.4 Å². The molecule has 0 radical (unpaired) electrons. The highest BCUT2D eigenvalue weighted by Crippen LogP contribution is 2.25. The molecule has 2 rings (SSSR count). The van der Waals surface area contributed by atoms with Gasteiger partial charge in [0.05, 0.1) is 6.61 Å². The minimum absolute atomic E-state index is 0.467. The maximum Gasteiger partial charge on any atom is 0.528 e. The van der Waals surface area contributed by atoms with Crippen molar-refractivity contribution >= 4 is 19.0 Å². The zero-order valence-electron chi connectivity index (χ0n) is 13.3. The summed E-state index contributed by atoms with van der Waals surface area (Å²) >= 11 is 3.51. The Morgan fingerprint density at radius 1 is 1.00 bits per heavy atom. The van der Waals surface area contributed by atoms with Gasteiger partial charge in [-0.2, -0.15) is 0 Å². The average Bonchev–Trinajstić information content (AvgIpc) is 2.55. The third-order valence-electron chi connectivity index (χ3n) is 4.59. The van der Waals surface area contributed by atoms with Crippen LogP contribution in [0.3, 0.4) is 0 Å². The van der Waals surface area contributed by atoms with Crippen LogP contribution in [-0.4, -0.2) is 12.8 Å². The highest BCUT2D eigenvalue weighted by atomic mass is 32.1. The molecule has 2 aliphatic carbocycles. The molecule has 2 fully saturated rings. The van der Waals surface area contributed by atoms with E-state index in [2.05, 4.69) is 24.6 Å². The first-order chi connectivity index (χ1) is 10.3. The summed E-state index contributed by atoms with van der Waals surface area (Å²) in [5.41, 5.74) is 0. The quantitative estimate of drug-likeness (QED) is 0.433. The predicted octanol–water partition coefficient (Wildman–Crippen LogP) is 5.05. The fourth-order valence-electron chi connectivity index (χ4n) is 3.20. The monoisotopic (exact) mass is 317 g/mol. The van der Waals surface area contributed by atoms with Crippen molar-refractivity contribution in [3.8, 4) is 0 Å². The number of nitrogens with one attached hydrogen (secondary N) is 1. The van der Waals surface area contributed by atoms with Crippen LogP contribution in [0.25, 0.3) is 0 Å². The van der Waals surface area contributed by atoms with Crippen LogP contribution in [0, 0.1) is 11.8 Å². The average molecular weight is 317 g/mol. The van der Waals surface area contributed by atoms with Gasteiger partial charge in [-0.15, -0.1) is 0 Å². The lowest BCUT2D eigenvalue weighted by Gasteiger charge is -2.20. The number of ether oxygens (including phenoxy) is 1. The molecule has 0 aromatic carbocycles. The van der Waals surface area contributed by atoms with Crippen LogP contribution in [0.1, 0.15) is 77.6 Å². The summed E-state index contributed by atoms with van der Waals surface area (Å²) in [6.07, 6.45) is 14.3. The van der Waals surface area contributed by atoms with Crippen molar-refractivity contribution in [2.75, 3.05) is 6.61 Å². The van der Waals surface area contributed by atoms with Crippen molar-refractivity contribution in [3.63, 3.8) is 0 Å². The lowest BCUT2D eigenvalue weighted by molar-refractivity contribution is 0.0288. The van der Waals surface area contributed by atoms with Crippen molar-refractivity contribution in [1.82, 2.24) is 4.89 Å². The summed E-state index contributed by atoms with van der Waals surface area (Å²) in [6, 6.07) is 0. The van der Waals surface area contributed by atoms with E-state index in [1.165, 1.54) is 57.8 Å². The van der Waals surface area contributed by atoms with E-state index in [-0.39, 0.29) is 0 Å². The Balaban J connectivity index is 0.000000235. The maximum absolute atomic E-state index is 10.7. The first kappa shape index (κ1) is 18.6. The van der Waals surface area contributed by atoms with Crippen LogP contribution in [0.2, 0.25) is 0 Å². The molecule has 2 saturated carbocycles. The molecule has 0 bridgehead atoms. The molecule has 5 heteroatoms. The number of carbonyl (C=O) groups is 1. The van der Waals surface area contributed by atoms with Gasteiger partial charge < -0.3 is 9.57 Å². The van der Waals surface area contributed by atoms with Gasteiger partial charge in [0, 0.05) is 0 Å². The fraction of sp³-hybridized carbons (Fsp3) is 0.938. The third-order valence-corrected chi connectivity index (χ3v) is 4.68. The number of thiol groups is 1. The first-order valence-corrected chi connectivity index (χ1v) is 8.93. The summed E-state index contributed by atoms with van der Waals surface area (Å²) in [5.74, 6) is 1.60. The van der Waals surface area contributed by atoms with E-state index in [0.717, 1.165) is 18.8 Å². The Bertz CT molecular complexity index is 264. The van der Waals surface area contributed by atoms with Gasteiger partial charge in [-0.3, -0.25) is 0 Å². The maximum atomic E-state index is 10.7. The molecule has 21 heavy (non-hydrogen) atoms. The Morgan fingerprint density at radius 3 is 1.95 bits per heavy atom. The molecule has 0 amide bonds. The highest BCUT2D eigenvalue weighted by Gasteiger charge is 2.15. The van der Waals surface area contributed by atoms with Crippen molar-refractivity contribution in [3.05, 3.63) is 0 Å². The van der Waals surface area contributed by atoms with Gasteiger partial charge in [0.1, 0.15) is 0 Å². The molecule has 0 heterocycles. The lowest BCUT2D eigenvalue weighted by atomic mass is 9.88. The van der Waals surface area contributed by atoms with Gasteiger partial charge in [0.2, 0.25) is 0 Å². The van der Waals surface area contributed by atoms with E-state index < -0.39 is 6.16 Å². The number of rotatable bonds is 4. The van der Waals surface area contributed by atoms with Crippen LogP contribution in [0.5, 0.6) is 0 Å². The third kappa shape index (κ3) is 9.25. The van der Waals surface area contributed by atoms with Crippen LogP contribution in [0.4, 0.5) is 4.79 Å². The molecular formula is C16H31NO3S. The standard InChI is InChI=1S/C8H15NO3S.C8H16/c10-8(12-9-13)11-6-7-4-2-1-3-5-7;1-2-8-6-4-3-5-7-8/h7,9,13H,1-6H2;8H,2-7H2,1H3. The smallest absolute Gasteiger partial charge is 0.433 e. The molecule has 124 valence electrons. The second kappa shape index (κ2) is 12.2. The molecule has 0 saturated heterocycles. The van der Waals surface area contributed by atoms with E-state index in [9.17, 15) is 4.79 Å². The molecule has 0 unspecified atom stereocenters. The largest absolute Gasteiger partial charge is 0.528 e. The van der Waals surface area contributed by atoms with Crippen LogP contribution in [0.15, 0.2) is 0 Å². The van der Waals surface area contributed by atoms with Gasteiger partial charge >= 0.3 is 6.16 Å². The van der Waals surface area contributed by atoms with Crippen LogP contribution in [-0.2, 0) is 9.57 Å². The van der Waals surface area contributed by atoms with E-state index in [0.29, 0.717) is 12.5 Å². The predicted molar refractivity (Wildman–Crippen MR) is 88.0 cm³/mol. The normalized spacial score (nSPS) is 20.3. The van der Waals surface area contributed by atoms with Crippen molar-refractivity contribution < 1.29 is 14.4 Å². The number of carbonyl (C=O) groups excluding carboxylic acids is 1. The molecule has 1 N–H and O–H groups in total. The first-order valence-electron chi connectivity index (χ1n) is 8.49. The van der Waals surface area contributed by atoms with E-state index >= 15 is 0 Å². The lowest BCUT2D eigenvalue weighted by Crippen LogP contribution is -2.19. The molecule has 0 spiro atoms. The van der Waals surface area contributed by atoms with Gasteiger partial charge in [0.25, 0.3) is 0 Å². The molecule has 0 aromatic heterocycles. The Labute approximate surface area is 134 Å². The Morgan fingerprint density at radius 2 is 1.52 bits per heavy atom. The molecule has 0 aliphatic heterocycles. The summed E-state index contributed by atoms with van der Waals surface area (Å²) in [6.45, 7) is 2.78. The van der Waals surface area contributed by atoms with Gasteiger partial charge in [-0.25, -0.2) is 4.79 Å². The van der Waals surface area contributed by atoms with Crippen molar-refractivity contribution in [1.29, 1.82) is 0 Å². The topological polar surface area (TPSA) is 47.6 Å². The van der Waals surface area contributed by atoms with Crippen molar-refractivity contribution in [2.45, 2.75) is 77.6 Å². The number of hydrogen-bond donors (Lipinski definition) is 2. The second-order valence-electron chi connectivity index (χ2n) is 6.17. The summed E-state index contributed by atoms with van der Waals surface area (Å²) in [4.78, 5) is 17.0. The van der Waals surface area contributed by atoms with Crippen molar-refractivity contribution in [2.24, 2.45) is 11.8 Å². The SMILES string of the molecule is CCC1CCCCC1.O=C(OCC1CCCCC1)ONS. The second-order valence-corrected chi connectivity index (χ2v) is 6.35. The summed E-state index contributed by atoms with van der Waals surface area (Å²) < 4.78 is 4.85. The minimum atomic E-state index is -0.708. The van der Waals surface area contributed by atoms with Gasteiger partial charge in [-0.05, 0) is 24.7 Å². The molecular weight excluding hydrogens is 286 g/mol. The zero-order valence-corrected chi connectivity index (χ0v) is 14.2. The Kier molecular flexibility index (Phi) is 10.8. The highest BCUT2D eigenvalue weighted by molar-refractivity contribution is 7.77. The molecule has 2 aliphatic rings. The fourth-order valence-corrected chi connectivity index (χ4v) is 3.28. The summed E-state index contributed by atoms with van der Waals surface area (Å²) in [5, 5.41) is 0. The Hall–Kier alpha value is -0.420. The van der Waals surface area contributed by atoms with Crippen LogP contribution >= 0.6 is 12.8 Å². The minimum Gasteiger partial charge on any atom is -0.433 e. The molecule has 4 nitrogen and oxygen atoms in total. The van der Waals surface area contributed by atoms with E-state index in [1.807, 2.05) is 4.89 Å². The summed E-state index contributed by atoms with van der Waals surface area (Å²) in [7, 11) is 0. The molecule has 0 atom stereocenters. The van der Waals surface area contributed by atoms with Gasteiger partial charge in [0.15, 0.2) is 0 Å². The zero-order chi connectivity index (χ0) is 15.3. The number of hydrogen-bond acceptors (Lipinski definition) is 5. The van der Waals surface area contributed by atoms with E-state index in [4.69, 9.17) is 4.74 Å². The van der Waals surface area contributed by atoms with E-state index in [1.54, 1.807) is 0 Å². The van der Waals surface area contributed by atoms with Crippen LogP contribution < -0.4 is 4.89 Å².